The number of primary amides is 2. The average Bonchev–Trinajstić information content (AvgIpc) is 1.99. The van der Waals surface area contributed by atoms with Gasteiger partial charge in [0.2, 0.25) is 5.91 Å². The van der Waals surface area contributed by atoms with Gasteiger partial charge in [-0.15, -0.1) is 0 Å². The van der Waals surface area contributed by atoms with Crippen LogP contribution in [0.25, 0.3) is 0 Å². The third-order valence-corrected chi connectivity index (χ3v) is 1.18. The topological polar surface area (TPSA) is 112 Å². The highest BCUT2D eigenvalue weighted by molar-refractivity contribution is 5.88. The fourth-order valence-corrected chi connectivity index (χ4v) is 0.579. The molecule has 9 heteroatoms. The van der Waals surface area contributed by atoms with E-state index < -0.39 is 36.5 Å². The van der Waals surface area contributed by atoms with E-state index in [1.54, 1.807) is 0 Å². The van der Waals surface area contributed by atoms with Gasteiger partial charge in [-0.3, -0.25) is 9.59 Å². The number of nitrogens with two attached hydrogens (primary N) is 2. The average molecular weight is 228 g/mol. The fourth-order valence-electron chi connectivity index (χ4n) is 0.579. The van der Waals surface area contributed by atoms with Gasteiger partial charge in [-0.1, -0.05) is 0 Å². The molecule has 0 aromatic carbocycles. The number of hydrogen-bond acceptors (Lipinski definition) is 4. The minimum absolute atomic E-state index is 0.892. The predicted molar refractivity (Wildman–Crippen MR) is 38.9 cm³/mol. The van der Waals surface area contributed by atoms with Crippen LogP contribution >= 0.6 is 0 Å². The molecule has 4 N–H and O–H groups in total. The predicted octanol–water partition coefficient (Wildman–Crippen LogP) is -1.18. The molecule has 0 saturated carbocycles. The summed E-state index contributed by atoms with van der Waals surface area (Å²) in [7, 11) is 0. The molecular formula is C6H7F3N2O4. The molecule has 0 aromatic heterocycles. The molecule has 0 aliphatic carbocycles. The third kappa shape index (κ3) is 4.84. The Labute approximate surface area is 81.3 Å². The molecular weight excluding hydrogens is 221 g/mol. The van der Waals surface area contributed by atoms with Crippen LogP contribution in [0, 0.1) is 0 Å². The zero-order chi connectivity index (χ0) is 12.2. The maximum Gasteiger partial charge on any atom is 0.490 e. The van der Waals surface area contributed by atoms with E-state index >= 15 is 0 Å². The van der Waals surface area contributed by atoms with Crippen molar-refractivity contribution in [1.82, 2.24) is 0 Å². The van der Waals surface area contributed by atoms with Crippen LogP contribution in [0.4, 0.5) is 13.2 Å². The molecule has 15 heavy (non-hydrogen) atoms. The molecule has 1 unspecified atom stereocenters. The third-order valence-electron chi connectivity index (χ3n) is 1.18. The Balaban J connectivity index is 4.50. The summed E-state index contributed by atoms with van der Waals surface area (Å²) in [5.41, 5.74) is 9.18. The highest BCUT2D eigenvalue weighted by atomic mass is 19.4. The highest BCUT2D eigenvalue weighted by Gasteiger charge is 2.43. The van der Waals surface area contributed by atoms with Gasteiger partial charge in [0.15, 0.2) is 6.10 Å². The van der Waals surface area contributed by atoms with Gasteiger partial charge in [-0.05, 0) is 0 Å². The number of carbonyl (C=O) groups is 3. The number of alkyl halides is 3. The van der Waals surface area contributed by atoms with Crippen LogP contribution in [0.15, 0.2) is 0 Å². The molecule has 0 spiro atoms. The molecule has 2 amide bonds. The molecule has 86 valence electrons. The minimum atomic E-state index is -5.26. The summed E-state index contributed by atoms with van der Waals surface area (Å²) in [6.45, 7) is 0. The Kier molecular flexibility index (Phi) is 4.07. The van der Waals surface area contributed by atoms with Gasteiger partial charge in [0.1, 0.15) is 0 Å². The number of ether oxygens (including phenoxy) is 1. The van der Waals surface area contributed by atoms with Crippen LogP contribution in [0.3, 0.4) is 0 Å². The van der Waals surface area contributed by atoms with Crippen molar-refractivity contribution in [1.29, 1.82) is 0 Å². The lowest BCUT2D eigenvalue weighted by Crippen LogP contribution is -2.40. The van der Waals surface area contributed by atoms with Crippen molar-refractivity contribution in [2.24, 2.45) is 11.5 Å². The number of amides is 2. The molecule has 0 aliphatic rings. The second kappa shape index (κ2) is 4.62. The molecule has 0 saturated heterocycles. The summed E-state index contributed by atoms with van der Waals surface area (Å²) in [4.78, 5) is 31.0. The van der Waals surface area contributed by atoms with Crippen LogP contribution in [-0.2, 0) is 19.1 Å². The molecule has 0 fully saturated rings. The first kappa shape index (κ1) is 13.2. The maximum atomic E-state index is 11.7. The normalized spacial score (nSPS) is 13.0. The lowest BCUT2D eigenvalue weighted by molar-refractivity contribution is -0.205. The van der Waals surface area contributed by atoms with Gasteiger partial charge in [0.05, 0.1) is 6.42 Å². The van der Waals surface area contributed by atoms with Gasteiger partial charge in [-0.25, -0.2) is 4.79 Å². The summed E-state index contributed by atoms with van der Waals surface area (Å²) < 4.78 is 38.7. The minimum Gasteiger partial charge on any atom is -0.445 e. The van der Waals surface area contributed by atoms with Crippen LogP contribution in [-0.4, -0.2) is 30.1 Å². The van der Waals surface area contributed by atoms with E-state index in [0.717, 1.165) is 0 Å². The van der Waals surface area contributed by atoms with Crippen molar-refractivity contribution in [2.75, 3.05) is 0 Å². The van der Waals surface area contributed by atoms with E-state index in [0.29, 0.717) is 0 Å². The smallest absolute Gasteiger partial charge is 0.445 e. The highest BCUT2D eigenvalue weighted by Crippen LogP contribution is 2.18. The summed E-state index contributed by atoms with van der Waals surface area (Å²) in [5, 5.41) is 0. The standard InChI is InChI=1S/C6H7F3N2O4/c7-6(8,9)5(14)15-2(4(11)13)1-3(10)12/h2H,1H2,(H2,10,12)(H2,11,13). The van der Waals surface area contributed by atoms with Crippen molar-refractivity contribution in [3.8, 4) is 0 Å². The Morgan fingerprint density at radius 1 is 1.20 bits per heavy atom. The fraction of sp³-hybridized carbons (Fsp3) is 0.500. The van der Waals surface area contributed by atoms with Gasteiger partial charge < -0.3 is 16.2 Å². The van der Waals surface area contributed by atoms with Gasteiger partial charge >= 0.3 is 12.1 Å². The first-order chi connectivity index (χ1) is 6.64. The van der Waals surface area contributed by atoms with Gasteiger partial charge in [0, 0.05) is 0 Å². The van der Waals surface area contributed by atoms with E-state index in [4.69, 9.17) is 0 Å². The van der Waals surface area contributed by atoms with E-state index in [-0.39, 0.29) is 0 Å². The molecule has 0 aliphatic heterocycles. The SMILES string of the molecule is NC(=O)CC(OC(=O)C(F)(F)F)C(N)=O. The summed E-state index contributed by atoms with van der Waals surface area (Å²) >= 11 is 0. The van der Waals surface area contributed by atoms with E-state index in [1.807, 2.05) is 0 Å². The Morgan fingerprint density at radius 2 is 1.67 bits per heavy atom. The first-order valence-corrected chi connectivity index (χ1v) is 3.50. The second-order valence-corrected chi connectivity index (χ2v) is 2.46. The Bertz CT molecular complexity index is 289. The van der Waals surface area contributed by atoms with Crippen LogP contribution in [0.2, 0.25) is 0 Å². The van der Waals surface area contributed by atoms with Crippen LogP contribution in [0.1, 0.15) is 6.42 Å². The number of hydrogen-bond donors (Lipinski definition) is 2. The van der Waals surface area contributed by atoms with Crippen molar-refractivity contribution < 1.29 is 32.3 Å². The second-order valence-electron chi connectivity index (χ2n) is 2.46. The van der Waals surface area contributed by atoms with E-state index in [1.165, 1.54) is 0 Å². The number of carbonyl (C=O) groups excluding carboxylic acids is 3. The molecule has 0 bridgehead atoms. The number of esters is 1. The summed E-state index contributed by atoms with van der Waals surface area (Å²) in [6, 6.07) is 0. The summed E-state index contributed by atoms with van der Waals surface area (Å²) in [5.74, 6) is -5.10. The van der Waals surface area contributed by atoms with Crippen molar-refractivity contribution in [3.05, 3.63) is 0 Å². The largest absolute Gasteiger partial charge is 0.490 e. The molecule has 1 atom stereocenters. The van der Waals surface area contributed by atoms with Crippen molar-refractivity contribution >= 4 is 17.8 Å². The summed E-state index contributed by atoms with van der Waals surface area (Å²) in [6.07, 6.45) is -8.15. The van der Waals surface area contributed by atoms with Crippen LogP contribution in [0.5, 0.6) is 0 Å². The van der Waals surface area contributed by atoms with Crippen molar-refractivity contribution in [2.45, 2.75) is 18.7 Å². The van der Waals surface area contributed by atoms with E-state index in [9.17, 15) is 27.6 Å². The molecule has 0 radical (unpaired) electrons. The van der Waals surface area contributed by atoms with Crippen molar-refractivity contribution in [3.63, 3.8) is 0 Å². The zero-order valence-electron chi connectivity index (χ0n) is 7.21. The van der Waals surface area contributed by atoms with E-state index in [2.05, 4.69) is 16.2 Å². The zero-order valence-corrected chi connectivity index (χ0v) is 7.21. The first-order valence-electron chi connectivity index (χ1n) is 3.50. The number of rotatable bonds is 4. The Morgan fingerprint density at radius 3 is 1.93 bits per heavy atom. The molecule has 0 rings (SSSR count). The van der Waals surface area contributed by atoms with Crippen LogP contribution < -0.4 is 11.5 Å². The quantitative estimate of drug-likeness (QED) is 0.589. The molecule has 0 aromatic rings. The van der Waals surface area contributed by atoms with Gasteiger partial charge in [0.25, 0.3) is 5.91 Å². The lowest BCUT2D eigenvalue weighted by Gasteiger charge is -2.13. The Hall–Kier alpha value is -1.80. The lowest BCUT2D eigenvalue weighted by atomic mass is 10.2. The number of halogens is 3. The van der Waals surface area contributed by atoms with Gasteiger partial charge in [-0.2, -0.15) is 13.2 Å². The maximum absolute atomic E-state index is 11.7. The molecule has 0 heterocycles. The molecule has 6 nitrogen and oxygen atoms in total. The monoisotopic (exact) mass is 228 g/mol.